The summed E-state index contributed by atoms with van der Waals surface area (Å²) in [7, 11) is 1.94. The molecule has 1 saturated heterocycles. The van der Waals surface area contributed by atoms with Gasteiger partial charge in [-0.25, -0.2) is 9.97 Å². The lowest BCUT2D eigenvalue weighted by Crippen LogP contribution is -2.48. The number of anilines is 2. The number of para-hydroxylation sites is 1. The molecule has 6 heteroatoms. The van der Waals surface area contributed by atoms with E-state index < -0.39 is 0 Å². The average Bonchev–Trinajstić information content (AvgIpc) is 2.80. The molecule has 0 saturated carbocycles. The van der Waals surface area contributed by atoms with Crippen LogP contribution in [0.1, 0.15) is 16.1 Å². The lowest BCUT2D eigenvalue weighted by molar-refractivity contribution is 0.0622. The quantitative estimate of drug-likeness (QED) is 0.673. The topological polar surface area (TPSA) is 52.6 Å². The molecule has 0 spiro atoms. The van der Waals surface area contributed by atoms with Crippen molar-refractivity contribution >= 4 is 17.4 Å². The number of hydrogen-bond acceptors (Lipinski definition) is 5. The first kappa shape index (κ1) is 19.1. The first-order valence-corrected chi connectivity index (χ1v) is 9.87. The van der Waals surface area contributed by atoms with Crippen LogP contribution in [0.5, 0.6) is 0 Å². The maximum atomic E-state index is 12.8. The predicted molar refractivity (Wildman–Crippen MR) is 114 cm³/mol. The molecule has 0 radical (unpaired) electrons. The number of piperazine rings is 1. The molecule has 2 aromatic carbocycles. The van der Waals surface area contributed by atoms with Crippen molar-refractivity contribution in [2.75, 3.05) is 38.1 Å². The predicted octanol–water partition coefficient (Wildman–Crippen LogP) is 3.20. The molecule has 0 bridgehead atoms. The van der Waals surface area contributed by atoms with E-state index >= 15 is 0 Å². The number of rotatable bonds is 5. The highest BCUT2D eigenvalue weighted by molar-refractivity contribution is 5.92. The summed E-state index contributed by atoms with van der Waals surface area (Å²) in [4.78, 5) is 27.8. The van der Waals surface area contributed by atoms with Crippen molar-refractivity contribution in [3.63, 3.8) is 0 Å². The van der Waals surface area contributed by atoms with Gasteiger partial charge in [-0.3, -0.25) is 9.69 Å². The van der Waals surface area contributed by atoms with Crippen LogP contribution in [-0.2, 0) is 6.54 Å². The highest BCUT2D eigenvalue weighted by Crippen LogP contribution is 2.20. The van der Waals surface area contributed by atoms with Gasteiger partial charge in [0.2, 0.25) is 0 Å². The van der Waals surface area contributed by atoms with Crippen molar-refractivity contribution < 1.29 is 4.79 Å². The Morgan fingerprint density at radius 3 is 2.17 bits per heavy atom. The third kappa shape index (κ3) is 4.60. The monoisotopic (exact) mass is 387 g/mol. The molecule has 0 aliphatic carbocycles. The molecule has 3 aromatic rings. The highest BCUT2D eigenvalue weighted by atomic mass is 16.2. The number of aromatic nitrogens is 2. The number of nitrogens with zero attached hydrogens (tertiary/aromatic N) is 5. The summed E-state index contributed by atoms with van der Waals surface area (Å²) in [6.45, 7) is 4.06. The van der Waals surface area contributed by atoms with Crippen molar-refractivity contribution in [1.29, 1.82) is 0 Å². The molecule has 148 valence electrons. The number of carbonyl (C=O) groups excluding carboxylic acids is 1. The fourth-order valence-corrected chi connectivity index (χ4v) is 3.50. The Morgan fingerprint density at radius 1 is 0.897 bits per heavy atom. The Kier molecular flexibility index (Phi) is 5.81. The molecule has 2 heterocycles. The Morgan fingerprint density at radius 2 is 1.55 bits per heavy atom. The van der Waals surface area contributed by atoms with Crippen LogP contribution in [0.3, 0.4) is 0 Å². The zero-order valence-corrected chi connectivity index (χ0v) is 16.6. The standard InChI is InChI=1S/C23H25N5O/c1-26(20-10-6-3-7-11-20)22-17-24-21(16-25-22)23(29)28-14-12-27(13-15-28)18-19-8-4-2-5-9-19/h2-11,16-17H,12-15,18H2,1H3. The molecule has 4 rings (SSSR count). The van der Waals surface area contributed by atoms with Crippen molar-refractivity contribution in [3.8, 4) is 0 Å². The summed E-state index contributed by atoms with van der Waals surface area (Å²) in [5, 5.41) is 0. The van der Waals surface area contributed by atoms with Crippen LogP contribution < -0.4 is 4.90 Å². The molecule has 6 nitrogen and oxygen atoms in total. The molecule has 1 aliphatic rings. The second kappa shape index (κ2) is 8.84. The van der Waals surface area contributed by atoms with Gasteiger partial charge in [0.25, 0.3) is 5.91 Å². The van der Waals surface area contributed by atoms with Gasteiger partial charge in [-0.1, -0.05) is 48.5 Å². The van der Waals surface area contributed by atoms with Crippen LogP contribution in [0.15, 0.2) is 73.1 Å². The fourth-order valence-electron chi connectivity index (χ4n) is 3.50. The molecule has 0 unspecified atom stereocenters. The summed E-state index contributed by atoms with van der Waals surface area (Å²) >= 11 is 0. The van der Waals surface area contributed by atoms with Crippen molar-refractivity contribution in [3.05, 3.63) is 84.3 Å². The molecule has 0 N–H and O–H groups in total. The van der Waals surface area contributed by atoms with Crippen LogP contribution >= 0.6 is 0 Å². The third-order valence-corrected chi connectivity index (χ3v) is 5.25. The summed E-state index contributed by atoms with van der Waals surface area (Å²) in [5.41, 5.74) is 2.72. The Balaban J connectivity index is 1.34. The van der Waals surface area contributed by atoms with E-state index in [0.29, 0.717) is 24.6 Å². The summed E-state index contributed by atoms with van der Waals surface area (Å²) in [5.74, 6) is 0.659. The zero-order valence-electron chi connectivity index (χ0n) is 16.6. The normalized spacial score (nSPS) is 14.6. The largest absolute Gasteiger partial charge is 0.335 e. The van der Waals surface area contributed by atoms with E-state index in [9.17, 15) is 4.79 Å². The van der Waals surface area contributed by atoms with Crippen LogP contribution in [0.2, 0.25) is 0 Å². The van der Waals surface area contributed by atoms with E-state index in [4.69, 9.17) is 0 Å². The van der Waals surface area contributed by atoms with Gasteiger partial charge >= 0.3 is 0 Å². The van der Waals surface area contributed by atoms with Gasteiger partial charge in [-0.05, 0) is 17.7 Å². The minimum Gasteiger partial charge on any atom is -0.335 e. The maximum Gasteiger partial charge on any atom is 0.274 e. The molecule has 29 heavy (non-hydrogen) atoms. The van der Waals surface area contributed by atoms with Crippen LogP contribution in [0.25, 0.3) is 0 Å². The van der Waals surface area contributed by atoms with Gasteiger partial charge in [0.05, 0.1) is 12.4 Å². The number of benzene rings is 2. The van der Waals surface area contributed by atoms with E-state index in [0.717, 1.165) is 25.3 Å². The van der Waals surface area contributed by atoms with Gasteiger partial charge in [0.15, 0.2) is 5.82 Å². The van der Waals surface area contributed by atoms with Gasteiger partial charge < -0.3 is 9.80 Å². The first-order chi connectivity index (χ1) is 14.2. The lowest BCUT2D eigenvalue weighted by Gasteiger charge is -2.34. The van der Waals surface area contributed by atoms with E-state index in [1.54, 1.807) is 12.4 Å². The van der Waals surface area contributed by atoms with Crippen molar-refractivity contribution in [1.82, 2.24) is 19.8 Å². The summed E-state index contributed by atoms with van der Waals surface area (Å²) in [6, 6.07) is 20.4. The molecule has 1 fully saturated rings. The number of amides is 1. The van der Waals surface area contributed by atoms with Crippen molar-refractivity contribution in [2.45, 2.75) is 6.54 Å². The van der Waals surface area contributed by atoms with Crippen molar-refractivity contribution in [2.24, 2.45) is 0 Å². The first-order valence-electron chi connectivity index (χ1n) is 9.87. The minimum absolute atomic E-state index is 0.0502. The molecule has 0 atom stereocenters. The van der Waals surface area contributed by atoms with Crippen LogP contribution in [0, 0.1) is 0 Å². The second-order valence-electron chi connectivity index (χ2n) is 7.21. The van der Waals surface area contributed by atoms with E-state index in [-0.39, 0.29) is 5.91 Å². The van der Waals surface area contributed by atoms with Gasteiger partial charge in [0.1, 0.15) is 5.69 Å². The minimum atomic E-state index is -0.0502. The Bertz CT molecular complexity index is 923. The number of carbonyl (C=O) groups is 1. The van der Waals surface area contributed by atoms with Gasteiger partial charge in [0, 0.05) is 45.5 Å². The highest BCUT2D eigenvalue weighted by Gasteiger charge is 2.23. The summed E-state index contributed by atoms with van der Waals surface area (Å²) < 4.78 is 0. The summed E-state index contributed by atoms with van der Waals surface area (Å²) in [6.07, 6.45) is 3.24. The maximum absolute atomic E-state index is 12.8. The Hall–Kier alpha value is -3.25. The lowest BCUT2D eigenvalue weighted by atomic mass is 10.2. The van der Waals surface area contributed by atoms with E-state index in [2.05, 4.69) is 39.1 Å². The zero-order chi connectivity index (χ0) is 20.1. The SMILES string of the molecule is CN(c1ccccc1)c1cnc(C(=O)N2CCN(Cc3ccccc3)CC2)cn1. The van der Waals surface area contributed by atoms with E-state index in [1.807, 2.05) is 53.2 Å². The van der Waals surface area contributed by atoms with Gasteiger partial charge in [-0.15, -0.1) is 0 Å². The molecular weight excluding hydrogens is 362 g/mol. The molecular formula is C23H25N5O. The average molecular weight is 387 g/mol. The molecule has 1 aliphatic heterocycles. The Labute approximate surface area is 171 Å². The smallest absolute Gasteiger partial charge is 0.274 e. The van der Waals surface area contributed by atoms with Gasteiger partial charge in [-0.2, -0.15) is 0 Å². The molecule has 1 aromatic heterocycles. The van der Waals surface area contributed by atoms with E-state index in [1.165, 1.54) is 5.56 Å². The molecule has 1 amide bonds. The number of hydrogen-bond donors (Lipinski definition) is 0. The fraction of sp³-hybridized carbons (Fsp3) is 0.261. The van der Waals surface area contributed by atoms with Crippen LogP contribution in [0.4, 0.5) is 11.5 Å². The third-order valence-electron chi connectivity index (χ3n) is 5.25. The van der Waals surface area contributed by atoms with Crippen LogP contribution in [-0.4, -0.2) is 58.9 Å². The second-order valence-corrected chi connectivity index (χ2v) is 7.21.